The Hall–Kier alpha value is -0.520. The van der Waals surface area contributed by atoms with Crippen LogP contribution >= 0.6 is 23.5 Å². The van der Waals surface area contributed by atoms with Gasteiger partial charge >= 0.3 is 0 Å². The van der Waals surface area contributed by atoms with E-state index < -0.39 is 0 Å². The second-order valence-electron chi connectivity index (χ2n) is 15.7. The first kappa shape index (κ1) is 47.5. The standard InChI is InChI=1S/C43H81NO2S2/c1-37(2)23-21-25-39(5)32-35-47-42(45)30-17-13-9-11-15-27-41(29-19-20-34-44(7)8)28-16-12-10-14-18-31-43(46)48-36-33-40(6)26-22-24-38(3)4/h23-24,39-41H,9-22,25-36H2,1-8H3. The van der Waals surface area contributed by atoms with Crippen LogP contribution in [-0.2, 0) is 9.59 Å². The SMILES string of the molecule is CC(C)=CCCC(C)CCSC(=O)CCCCCCCC(CCCCCCCC(=O)SCCC(C)CCC=C(C)C)CCCCN(C)C. The Kier molecular flexibility index (Phi) is 33.3. The molecule has 0 amide bonds. The fourth-order valence-corrected chi connectivity index (χ4v) is 8.33. The van der Waals surface area contributed by atoms with E-state index in [0.717, 1.165) is 55.9 Å². The molecule has 0 saturated heterocycles. The second kappa shape index (κ2) is 33.6. The minimum atomic E-state index is 0.404. The number of unbranched alkanes of at least 4 members (excludes halogenated alkanes) is 9. The zero-order valence-electron chi connectivity index (χ0n) is 33.4. The van der Waals surface area contributed by atoms with Gasteiger partial charge in [0, 0.05) is 24.3 Å². The third-order valence-electron chi connectivity index (χ3n) is 9.63. The van der Waals surface area contributed by atoms with Gasteiger partial charge in [0.05, 0.1) is 0 Å². The highest BCUT2D eigenvalue weighted by molar-refractivity contribution is 8.13. The summed E-state index contributed by atoms with van der Waals surface area (Å²) in [4.78, 5) is 26.9. The van der Waals surface area contributed by atoms with E-state index in [1.807, 2.05) is 0 Å². The molecule has 3 nitrogen and oxygen atoms in total. The van der Waals surface area contributed by atoms with Crippen molar-refractivity contribution in [3.63, 3.8) is 0 Å². The third-order valence-corrected chi connectivity index (χ3v) is 11.6. The molecular weight excluding hydrogens is 627 g/mol. The molecule has 0 fully saturated rings. The van der Waals surface area contributed by atoms with Crippen LogP contribution in [0.2, 0.25) is 0 Å². The maximum atomic E-state index is 12.3. The number of thioether (sulfide) groups is 2. The van der Waals surface area contributed by atoms with E-state index in [1.165, 1.54) is 127 Å². The average Bonchev–Trinajstić information content (AvgIpc) is 3.01. The fraction of sp³-hybridized carbons (Fsp3) is 0.860. The monoisotopic (exact) mass is 708 g/mol. The molecular formula is C43H81NO2S2. The van der Waals surface area contributed by atoms with Gasteiger partial charge in [0.15, 0.2) is 10.2 Å². The number of carbonyl (C=O) groups is 2. The number of hydrogen-bond donors (Lipinski definition) is 0. The lowest BCUT2D eigenvalue weighted by Gasteiger charge is -2.18. The highest BCUT2D eigenvalue weighted by atomic mass is 32.2. The molecule has 0 saturated carbocycles. The predicted octanol–water partition coefficient (Wildman–Crippen LogP) is 13.9. The minimum absolute atomic E-state index is 0.404. The highest BCUT2D eigenvalue weighted by Gasteiger charge is 2.11. The quantitative estimate of drug-likeness (QED) is 0.0501. The first-order valence-corrected chi connectivity index (χ1v) is 22.2. The van der Waals surface area contributed by atoms with Crippen LogP contribution in [0, 0.1) is 17.8 Å². The first-order chi connectivity index (χ1) is 23.0. The molecule has 0 aliphatic carbocycles. The highest BCUT2D eigenvalue weighted by Crippen LogP contribution is 2.25. The van der Waals surface area contributed by atoms with Crippen LogP contribution in [0.3, 0.4) is 0 Å². The molecule has 2 atom stereocenters. The number of rotatable bonds is 33. The molecule has 0 aliphatic rings. The van der Waals surface area contributed by atoms with Gasteiger partial charge in [0.1, 0.15) is 0 Å². The minimum Gasteiger partial charge on any atom is -0.309 e. The largest absolute Gasteiger partial charge is 0.309 e. The summed E-state index contributed by atoms with van der Waals surface area (Å²) in [5.74, 6) is 4.25. The lowest BCUT2D eigenvalue weighted by molar-refractivity contribution is -0.111. The predicted molar refractivity (Wildman–Crippen MR) is 220 cm³/mol. The van der Waals surface area contributed by atoms with E-state index in [4.69, 9.17) is 0 Å². The molecule has 48 heavy (non-hydrogen) atoms. The van der Waals surface area contributed by atoms with E-state index in [1.54, 1.807) is 23.5 Å². The van der Waals surface area contributed by atoms with E-state index in [2.05, 4.69) is 72.7 Å². The van der Waals surface area contributed by atoms with Crippen molar-refractivity contribution in [1.82, 2.24) is 4.90 Å². The van der Waals surface area contributed by atoms with Crippen molar-refractivity contribution >= 4 is 33.8 Å². The fourth-order valence-electron chi connectivity index (χ4n) is 6.25. The Labute approximate surface area is 309 Å². The van der Waals surface area contributed by atoms with E-state index in [0.29, 0.717) is 22.1 Å². The van der Waals surface area contributed by atoms with Crippen LogP contribution < -0.4 is 0 Å². The Balaban J connectivity index is 4.01. The van der Waals surface area contributed by atoms with Crippen molar-refractivity contribution < 1.29 is 9.59 Å². The van der Waals surface area contributed by atoms with Crippen molar-refractivity contribution in [2.75, 3.05) is 32.1 Å². The number of nitrogens with zero attached hydrogens (tertiary/aromatic N) is 1. The summed E-state index contributed by atoms with van der Waals surface area (Å²) >= 11 is 3.15. The van der Waals surface area contributed by atoms with Gasteiger partial charge < -0.3 is 4.90 Å². The van der Waals surface area contributed by atoms with Crippen LogP contribution in [0.4, 0.5) is 0 Å². The van der Waals surface area contributed by atoms with Gasteiger partial charge in [-0.15, -0.1) is 0 Å². The summed E-state index contributed by atoms with van der Waals surface area (Å²) in [6.45, 7) is 14.5. The van der Waals surface area contributed by atoms with E-state index >= 15 is 0 Å². The van der Waals surface area contributed by atoms with Crippen molar-refractivity contribution in [3.8, 4) is 0 Å². The molecule has 0 heterocycles. The molecule has 0 radical (unpaired) electrons. The summed E-state index contributed by atoms with van der Waals surface area (Å²) < 4.78 is 0. The molecule has 2 unspecified atom stereocenters. The first-order valence-electron chi connectivity index (χ1n) is 20.2. The van der Waals surface area contributed by atoms with Crippen molar-refractivity contribution in [1.29, 1.82) is 0 Å². The maximum absolute atomic E-state index is 12.3. The Bertz CT molecular complexity index is 769. The Morgan fingerprint density at radius 2 is 0.896 bits per heavy atom. The lowest BCUT2D eigenvalue weighted by Crippen LogP contribution is -2.13. The normalized spacial score (nSPS) is 13.4. The molecule has 282 valence electrons. The van der Waals surface area contributed by atoms with E-state index in [-0.39, 0.29) is 0 Å². The summed E-state index contributed by atoms with van der Waals surface area (Å²) in [6, 6.07) is 0. The van der Waals surface area contributed by atoms with Crippen LogP contribution in [0.25, 0.3) is 0 Å². The van der Waals surface area contributed by atoms with Crippen LogP contribution in [-0.4, -0.2) is 47.3 Å². The number of hydrogen-bond acceptors (Lipinski definition) is 5. The van der Waals surface area contributed by atoms with Crippen molar-refractivity contribution in [2.45, 2.75) is 189 Å². The number of allylic oxidation sites excluding steroid dienone is 4. The molecule has 5 heteroatoms. The maximum Gasteiger partial charge on any atom is 0.188 e. The second-order valence-corrected chi connectivity index (χ2v) is 18.0. The van der Waals surface area contributed by atoms with Crippen LogP contribution in [0.5, 0.6) is 0 Å². The smallest absolute Gasteiger partial charge is 0.188 e. The van der Waals surface area contributed by atoms with Crippen molar-refractivity contribution in [3.05, 3.63) is 23.3 Å². The van der Waals surface area contributed by atoms with Gasteiger partial charge in [-0.1, -0.05) is 138 Å². The molecule has 0 spiro atoms. The zero-order chi connectivity index (χ0) is 35.8. The van der Waals surface area contributed by atoms with Gasteiger partial charge in [0.25, 0.3) is 0 Å². The molecule has 0 bridgehead atoms. The summed E-state index contributed by atoms with van der Waals surface area (Å²) in [6.07, 6.45) is 32.5. The molecule has 0 aromatic carbocycles. The molecule has 0 rings (SSSR count). The molecule has 0 aliphatic heterocycles. The van der Waals surface area contributed by atoms with Gasteiger partial charge in [-0.3, -0.25) is 9.59 Å². The summed E-state index contributed by atoms with van der Waals surface area (Å²) in [5, 5.41) is 0.808. The third kappa shape index (κ3) is 35.3. The van der Waals surface area contributed by atoms with E-state index in [9.17, 15) is 9.59 Å². The molecule has 0 aromatic rings. The van der Waals surface area contributed by atoms with Gasteiger partial charge in [-0.05, 0) is 124 Å². The average molecular weight is 708 g/mol. The molecule has 0 N–H and O–H groups in total. The van der Waals surface area contributed by atoms with Crippen molar-refractivity contribution in [2.24, 2.45) is 17.8 Å². The topological polar surface area (TPSA) is 37.4 Å². The van der Waals surface area contributed by atoms with Crippen LogP contribution in [0.15, 0.2) is 23.3 Å². The zero-order valence-corrected chi connectivity index (χ0v) is 35.0. The summed E-state index contributed by atoms with van der Waals surface area (Å²) in [7, 11) is 4.36. The van der Waals surface area contributed by atoms with Gasteiger partial charge in [-0.2, -0.15) is 0 Å². The number of carbonyl (C=O) groups excluding carboxylic acids is 2. The Morgan fingerprint density at radius 3 is 1.29 bits per heavy atom. The van der Waals surface area contributed by atoms with Crippen LogP contribution in [0.1, 0.15) is 189 Å². The van der Waals surface area contributed by atoms with Gasteiger partial charge in [-0.25, -0.2) is 0 Å². The molecule has 0 aromatic heterocycles. The van der Waals surface area contributed by atoms with Gasteiger partial charge in [0.2, 0.25) is 0 Å². The lowest BCUT2D eigenvalue weighted by atomic mass is 9.90. The Morgan fingerprint density at radius 1 is 0.521 bits per heavy atom. The summed E-state index contributed by atoms with van der Waals surface area (Å²) in [5.41, 5.74) is 2.81.